The minimum Gasteiger partial charge on any atom is -0.456 e. The van der Waals surface area contributed by atoms with Gasteiger partial charge in [0.1, 0.15) is 11.2 Å². The lowest BCUT2D eigenvalue weighted by atomic mass is 9.87. The molecular weight excluding hydrogens is 751 g/mol. The second-order valence-electron chi connectivity index (χ2n) is 15.7. The van der Waals surface area contributed by atoms with E-state index in [0.717, 1.165) is 61.3 Å². The summed E-state index contributed by atoms with van der Waals surface area (Å²) in [6.45, 7) is 0. The van der Waals surface area contributed by atoms with Gasteiger partial charge in [0.05, 0.1) is 5.69 Å². The molecule has 10 aromatic carbocycles. The molecule has 0 radical (unpaired) electrons. The molecule has 0 saturated carbocycles. The van der Waals surface area contributed by atoms with Crippen LogP contribution in [0.25, 0.3) is 88.7 Å². The van der Waals surface area contributed by atoms with E-state index in [1.165, 1.54) is 44.5 Å². The van der Waals surface area contributed by atoms with Crippen molar-refractivity contribution >= 4 is 39.0 Å². The van der Waals surface area contributed by atoms with E-state index >= 15 is 0 Å². The van der Waals surface area contributed by atoms with Gasteiger partial charge in [0.25, 0.3) is 0 Å². The predicted octanol–water partition coefficient (Wildman–Crippen LogP) is 17.1. The lowest BCUT2D eigenvalue weighted by Gasteiger charge is -2.29. The predicted molar refractivity (Wildman–Crippen MR) is 261 cm³/mol. The molecule has 0 N–H and O–H groups in total. The van der Waals surface area contributed by atoms with Crippen molar-refractivity contribution in [3.8, 4) is 66.8 Å². The Balaban J connectivity index is 1.05. The Morgan fingerprint density at radius 2 is 0.661 bits per heavy atom. The SMILES string of the molecule is c1ccc(-c2ccc(N(c3ccc(-c4ccc5c(c4)oc4ccccc45)cc3)c3ccccc3-c3ccccc3-c3ccc(-c4ccccc4)cc3-c3ccccc3)cc2)cc1. The number of fused-ring (bicyclic) bond motifs is 3. The standard InChI is InChI=1S/C60H41NO/c1-4-16-42(17-5-1)44-28-34-49(35-29-44)61(50-36-30-45(31-37-50)48-33-39-56-55-25-13-15-27-59(55)62-60(56)41-48)58-26-14-12-24-54(58)52-23-11-10-22-51(52)53-38-32-47(43-18-6-2-7-19-43)40-57(53)46-20-8-3-9-21-46/h1-41H. The smallest absolute Gasteiger partial charge is 0.136 e. The van der Waals surface area contributed by atoms with Gasteiger partial charge in [-0.15, -0.1) is 0 Å². The monoisotopic (exact) mass is 791 g/mol. The molecule has 1 heterocycles. The Bertz CT molecular complexity index is 3310. The number of hydrogen-bond acceptors (Lipinski definition) is 2. The molecule has 2 heteroatoms. The molecule has 0 aliphatic carbocycles. The van der Waals surface area contributed by atoms with Crippen LogP contribution in [0.4, 0.5) is 17.1 Å². The Kier molecular flexibility index (Phi) is 9.57. The van der Waals surface area contributed by atoms with Crippen LogP contribution in [0.15, 0.2) is 253 Å². The topological polar surface area (TPSA) is 16.4 Å². The second kappa shape index (κ2) is 16.1. The van der Waals surface area contributed by atoms with Crippen LogP contribution in [0.1, 0.15) is 0 Å². The summed E-state index contributed by atoms with van der Waals surface area (Å²) in [5.41, 5.74) is 19.1. The molecule has 0 atom stereocenters. The number of nitrogens with zero attached hydrogens (tertiary/aromatic N) is 1. The number of anilines is 3. The highest BCUT2D eigenvalue weighted by Gasteiger charge is 2.21. The Labute approximate surface area is 362 Å². The van der Waals surface area contributed by atoms with Gasteiger partial charge in [0, 0.05) is 27.7 Å². The van der Waals surface area contributed by atoms with Crippen molar-refractivity contribution < 1.29 is 4.42 Å². The van der Waals surface area contributed by atoms with Crippen molar-refractivity contribution in [2.45, 2.75) is 0 Å². The molecule has 11 rings (SSSR count). The fourth-order valence-corrected chi connectivity index (χ4v) is 8.86. The highest BCUT2D eigenvalue weighted by atomic mass is 16.3. The van der Waals surface area contributed by atoms with Gasteiger partial charge >= 0.3 is 0 Å². The zero-order valence-corrected chi connectivity index (χ0v) is 34.0. The van der Waals surface area contributed by atoms with Crippen molar-refractivity contribution in [1.29, 1.82) is 0 Å². The third-order valence-electron chi connectivity index (χ3n) is 11.9. The lowest BCUT2D eigenvalue weighted by Crippen LogP contribution is -2.11. The minimum absolute atomic E-state index is 0.894. The first kappa shape index (κ1) is 36.8. The molecule has 2 nitrogen and oxygen atoms in total. The van der Waals surface area contributed by atoms with E-state index in [2.05, 4.69) is 241 Å². The third kappa shape index (κ3) is 6.94. The summed E-state index contributed by atoms with van der Waals surface area (Å²) in [5, 5.41) is 2.27. The fourth-order valence-electron chi connectivity index (χ4n) is 8.86. The molecule has 0 fully saturated rings. The van der Waals surface area contributed by atoms with E-state index in [0.29, 0.717) is 0 Å². The number of hydrogen-bond donors (Lipinski definition) is 0. The van der Waals surface area contributed by atoms with Gasteiger partial charge < -0.3 is 9.32 Å². The normalized spacial score (nSPS) is 11.2. The van der Waals surface area contributed by atoms with Crippen molar-refractivity contribution in [2.75, 3.05) is 4.90 Å². The first-order valence-electron chi connectivity index (χ1n) is 21.2. The molecule has 0 aliphatic heterocycles. The molecule has 0 aliphatic rings. The molecular formula is C60H41NO. The van der Waals surface area contributed by atoms with E-state index in [9.17, 15) is 0 Å². The lowest BCUT2D eigenvalue weighted by molar-refractivity contribution is 0.669. The Morgan fingerprint density at radius 3 is 1.32 bits per heavy atom. The maximum Gasteiger partial charge on any atom is 0.136 e. The quantitative estimate of drug-likeness (QED) is 0.145. The Morgan fingerprint density at radius 1 is 0.242 bits per heavy atom. The fraction of sp³-hybridized carbons (Fsp3) is 0. The summed E-state index contributed by atoms with van der Waals surface area (Å²) in [7, 11) is 0. The van der Waals surface area contributed by atoms with E-state index in [4.69, 9.17) is 4.42 Å². The van der Waals surface area contributed by atoms with Crippen LogP contribution < -0.4 is 4.90 Å². The molecule has 0 unspecified atom stereocenters. The van der Waals surface area contributed by atoms with E-state index in [1.807, 2.05) is 12.1 Å². The van der Waals surface area contributed by atoms with Crippen LogP contribution in [0.3, 0.4) is 0 Å². The van der Waals surface area contributed by atoms with Gasteiger partial charge in [-0.25, -0.2) is 0 Å². The van der Waals surface area contributed by atoms with Gasteiger partial charge in [0.15, 0.2) is 0 Å². The van der Waals surface area contributed by atoms with E-state index < -0.39 is 0 Å². The van der Waals surface area contributed by atoms with Gasteiger partial charge in [-0.2, -0.15) is 0 Å². The van der Waals surface area contributed by atoms with Gasteiger partial charge in [0.2, 0.25) is 0 Å². The summed E-state index contributed by atoms with van der Waals surface area (Å²) in [6.07, 6.45) is 0. The first-order chi connectivity index (χ1) is 30.7. The third-order valence-corrected chi connectivity index (χ3v) is 11.9. The highest BCUT2D eigenvalue weighted by Crippen LogP contribution is 2.46. The van der Waals surface area contributed by atoms with Gasteiger partial charge in [-0.1, -0.05) is 194 Å². The summed E-state index contributed by atoms with van der Waals surface area (Å²) in [4.78, 5) is 2.39. The zero-order chi connectivity index (χ0) is 41.2. The molecule has 1 aromatic heterocycles. The summed E-state index contributed by atoms with van der Waals surface area (Å²) >= 11 is 0. The number of furan rings is 1. The maximum absolute atomic E-state index is 6.28. The van der Waals surface area contributed by atoms with Crippen molar-refractivity contribution in [1.82, 2.24) is 0 Å². The first-order valence-corrected chi connectivity index (χ1v) is 21.2. The van der Waals surface area contributed by atoms with Gasteiger partial charge in [-0.3, -0.25) is 0 Å². The van der Waals surface area contributed by atoms with Gasteiger partial charge in [-0.05, 0) is 116 Å². The molecule has 0 saturated heterocycles. The number of rotatable bonds is 9. The zero-order valence-electron chi connectivity index (χ0n) is 34.0. The Hall–Kier alpha value is -8.20. The highest BCUT2D eigenvalue weighted by molar-refractivity contribution is 6.06. The van der Waals surface area contributed by atoms with Crippen molar-refractivity contribution in [2.24, 2.45) is 0 Å². The van der Waals surface area contributed by atoms with Crippen LogP contribution in [0.5, 0.6) is 0 Å². The van der Waals surface area contributed by atoms with Crippen LogP contribution >= 0.6 is 0 Å². The summed E-state index contributed by atoms with van der Waals surface area (Å²) < 4.78 is 6.28. The summed E-state index contributed by atoms with van der Waals surface area (Å²) in [5.74, 6) is 0. The van der Waals surface area contributed by atoms with Crippen LogP contribution in [0, 0.1) is 0 Å². The molecule has 62 heavy (non-hydrogen) atoms. The summed E-state index contributed by atoms with van der Waals surface area (Å²) in [6, 6.07) is 89.2. The van der Waals surface area contributed by atoms with E-state index in [-0.39, 0.29) is 0 Å². The van der Waals surface area contributed by atoms with Crippen LogP contribution in [-0.2, 0) is 0 Å². The van der Waals surface area contributed by atoms with Crippen molar-refractivity contribution in [3.63, 3.8) is 0 Å². The van der Waals surface area contributed by atoms with E-state index in [1.54, 1.807) is 0 Å². The van der Waals surface area contributed by atoms with Crippen LogP contribution in [0.2, 0.25) is 0 Å². The average molecular weight is 792 g/mol. The molecule has 0 amide bonds. The average Bonchev–Trinajstić information content (AvgIpc) is 3.73. The second-order valence-corrected chi connectivity index (χ2v) is 15.7. The molecule has 0 bridgehead atoms. The number of benzene rings is 10. The molecule has 11 aromatic rings. The number of para-hydroxylation sites is 2. The molecule has 292 valence electrons. The van der Waals surface area contributed by atoms with Crippen molar-refractivity contribution in [3.05, 3.63) is 249 Å². The minimum atomic E-state index is 0.894. The molecule has 0 spiro atoms. The maximum atomic E-state index is 6.28. The van der Waals surface area contributed by atoms with Crippen LogP contribution in [-0.4, -0.2) is 0 Å². The largest absolute Gasteiger partial charge is 0.456 e.